The Morgan fingerprint density at radius 2 is 1.66 bits per heavy atom. The number of fused-ring (bicyclic) bond motifs is 1. The molecule has 3 saturated heterocycles. The lowest BCUT2D eigenvalue weighted by atomic mass is 10.0. The van der Waals surface area contributed by atoms with Gasteiger partial charge in [0.05, 0.1) is 35.7 Å². The number of nitrogens with zero attached hydrogens (tertiary/aromatic N) is 5. The summed E-state index contributed by atoms with van der Waals surface area (Å²) in [5.41, 5.74) is 0.954. The molecule has 264 valence electrons. The Kier molecular flexibility index (Phi) is 9.72. The van der Waals surface area contributed by atoms with Crippen molar-refractivity contribution in [3.8, 4) is 17.0 Å². The molecule has 5 heterocycles. The van der Waals surface area contributed by atoms with Crippen LogP contribution in [-0.2, 0) is 14.3 Å². The van der Waals surface area contributed by atoms with Crippen molar-refractivity contribution < 1.29 is 41.8 Å². The summed E-state index contributed by atoms with van der Waals surface area (Å²) >= 11 is 1.42. The number of rotatable bonds is 10. The number of thiazole rings is 1. The first-order valence-electron chi connectivity index (χ1n) is 16.3. The van der Waals surface area contributed by atoms with Crippen molar-refractivity contribution in [1.29, 1.82) is 0 Å². The Balaban J connectivity index is 0.909. The Labute approximate surface area is 288 Å². The zero-order chi connectivity index (χ0) is 34.9. The SMILES string of the molecule is O=C1CCC(N2C(=O)c3cc(F)c(N4CCN(CNCCOc5c(-c6csc(N7CCOCC7)n6)ccc(F)c5F)CC4)cc3C2=O)C(=O)N1. The van der Waals surface area contributed by atoms with Gasteiger partial charge in [-0.2, -0.15) is 4.39 Å². The van der Waals surface area contributed by atoms with Gasteiger partial charge in [-0.3, -0.25) is 34.3 Å². The number of imide groups is 2. The summed E-state index contributed by atoms with van der Waals surface area (Å²) in [5, 5.41) is 7.96. The van der Waals surface area contributed by atoms with Gasteiger partial charge in [-0.05, 0) is 30.7 Å². The summed E-state index contributed by atoms with van der Waals surface area (Å²) in [6.07, 6.45) is 0.00547. The number of carbonyl (C=O) groups excluding carboxylic acids is 4. The predicted octanol–water partition coefficient (Wildman–Crippen LogP) is 2.21. The highest BCUT2D eigenvalue weighted by atomic mass is 32.1. The number of aromatic nitrogens is 1. The van der Waals surface area contributed by atoms with E-state index in [9.17, 15) is 28.0 Å². The molecule has 1 aromatic heterocycles. The highest BCUT2D eigenvalue weighted by Crippen LogP contribution is 2.37. The van der Waals surface area contributed by atoms with Crippen molar-refractivity contribution in [3.05, 3.63) is 58.2 Å². The number of piperidine rings is 1. The van der Waals surface area contributed by atoms with Gasteiger partial charge in [0, 0.05) is 69.8 Å². The zero-order valence-electron chi connectivity index (χ0n) is 26.9. The van der Waals surface area contributed by atoms with Crippen LogP contribution in [0.1, 0.15) is 33.6 Å². The summed E-state index contributed by atoms with van der Waals surface area (Å²) in [7, 11) is 0. The zero-order valence-corrected chi connectivity index (χ0v) is 27.7. The van der Waals surface area contributed by atoms with Gasteiger partial charge in [0.2, 0.25) is 17.6 Å². The van der Waals surface area contributed by atoms with Crippen LogP contribution in [0.4, 0.5) is 24.0 Å². The number of hydrogen-bond donors (Lipinski definition) is 2. The van der Waals surface area contributed by atoms with E-state index in [4.69, 9.17) is 9.47 Å². The fraction of sp³-hybridized carbons (Fsp3) is 0.424. The molecule has 3 aromatic rings. The third-order valence-electron chi connectivity index (χ3n) is 9.18. The van der Waals surface area contributed by atoms with E-state index in [0.29, 0.717) is 77.0 Å². The van der Waals surface area contributed by atoms with E-state index in [-0.39, 0.29) is 42.0 Å². The minimum Gasteiger partial charge on any atom is -0.488 e. The standard InChI is InChI=1S/C33H34F3N7O6S/c34-22-2-1-19(24-17-50-33(38-24)42-10-13-48-14-11-42)29(28(22)36)49-12-5-37-18-40-6-8-41(9-7-40)26-16-21-20(15-23(26)35)31(46)43(32(21)47)25-3-4-27(44)39-30(25)45/h1-2,15-17,25,37H,3-14,18H2,(H,39,44,45). The molecular weight excluding hydrogens is 679 g/mol. The van der Waals surface area contributed by atoms with Crippen LogP contribution in [0, 0.1) is 17.5 Å². The van der Waals surface area contributed by atoms with Crippen LogP contribution >= 0.6 is 11.3 Å². The maximum atomic E-state index is 15.3. The Hall–Kier alpha value is -4.58. The van der Waals surface area contributed by atoms with E-state index in [0.717, 1.165) is 22.2 Å². The molecule has 2 aromatic carbocycles. The molecule has 2 N–H and O–H groups in total. The molecule has 0 radical (unpaired) electrons. The lowest BCUT2D eigenvalue weighted by molar-refractivity contribution is -0.136. The van der Waals surface area contributed by atoms with Gasteiger partial charge in [-0.25, -0.2) is 13.8 Å². The molecule has 4 aliphatic rings. The summed E-state index contributed by atoms with van der Waals surface area (Å²) in [6, 6.07) is 3.79. The first-order chi connectivity index (χ1) is 24.2. The topological polar surface area (TPSA) is 137 Å². The van der Waals surface area contributed by atoms with Gasteiger partial charge < -0.3 is 24.6 Å². The average Bonchev–Trinajstić information content (AvgIpc) is 3.70. The van der Waals surface area contributed by atoms with Crippen molar-refractivity contribution in [1.82, 2.24) is 25.4 Å². The second kappa shape index (κ2) is 14.3. The largest absolute Gasteiger partial charge is 0.488 e. The van der Waals surface area contributed by atoms with Crippen LogP contribution < -0.4 is 25.2 Å². The summed E-state index contributed by atoms with van der Waals surface area (Å²) in [6.45, 7) is 5.46. The number of piperazine rings is 1. The van der Waals surface area contributed by atoms with Gasteiger partial charge in [0.25, 0.3) is 11.8 Å². The highest BCUT2D eigenvalue weighted by Gasteiger charge is 2.45. The van der Waals surface area contributed by atoms with Crippen molar-refractivity contribution in [2.45, 2.75) is 18.9 Å². The molecule has 7 rings (SSSR count). The number of benzene rings is 2. The van der Waals surface area contributed by atoms with Crippen LogP contribution in [0.2, 0.25) is 0 Å². The first-order valence-corrected chi connectivity index (χ1v) is 17.2. The highest BCUT2D eigenvalue weighted by molar-refractivity contribution is 7.14. The lowest BCUT2D eigenvalue weighted by Crippen LogP contribution is -2.54. The van der Waals surface area contributed by atoms with Gasteiger partial charge in [0.15, 0.2) is 16.7 Å². The van der Waals surface area contributed by atoms with Crippen molar-refractivity contribution in [2.75, 3.05) is 82.1 Å². The normalized spacial score (nSPS) is 20.1. The first kappa shape index (κ1) is 33.9. The third kappa shape index (κ3) is 6.65. The maximum absolute atomic E-state index is 15.3. The molecule has 3 fully saturated rings. The van der Waals surface area contributed by atoms with Crippen molar-refractivity contribution in [2.24, 2.45) is 0 Å². The van der Waals surface area contributed by atoms with Gasteiger partial charge in [-0.15, -0.1) is 11.3 Å². The number of anilines is 2. The molecule has 50 heavy (non-hydrogen) atoms. The molecule has 0 aliphatic carbocycles. The summed E-state index contributed by atoms with van der Waals surface area (Å²) in [4.78, 5) is 61.5. The van der Waals surface area contributed by atoms with Gasteiger partial charge >= 0.3 is 0 Å². The van der Waals surface area contributed by atoms with Gasteiger partial charge in [0.1, 0.15) is 18.5 Å². The Morgan fingerprint density at radius 3 is 2.40 bits per heavy atom. The lowest BCUT2D eigenvalue weighted by Gasteiger charge is -2.36. The number of ether oxygens (including phenoxy) is 2. The molecule has 1 atom stereocenters. The number of hydrogen-bond acceptors (Lipinski definition) is 12. The number of nitrogens with one attached hydrogen (secondary N) is 2. The molecule has 1 unspecified atom stereocenters. The fourth-order valence-corrected chi connectivity index (χ4v) is 7.37. The second-order valence-electron chi connectivity index (χ2n) is 12.3. The van der Waals surface area contributed by atoms with Crippen molar-refractivity contribution >= 4 is 45.8 Å². The number of halogens is 3. The molecule has 0 spiro atoms. The molecule has 0 bridgehead atoms. The van der Waals surface area contributed by atoms with Crippen LogP contribution in [0.15, 0.2) is 29.6 Å². The molecule has 13 nitrogen and oxygen atoms in total. The summed E-state index contributed by atoms with van der Waals surface area (Å²) < 4.78 is 55.5. The van der Waals surface area contributed by atoms with Crippen LogP contribution in [-0.4, -0.2) is 117 Å². The monoisotopic (exact) mass is 713 g/mol. The van der Waals surface area contributed by atoms with E-state index < -0.39 is 47.1 Å². The minimum atomic E-state index is -1.13. The number of morpholine rings is 1. The molecular formula is C33H34F3N7O6S. The van der Waals surface area contributed by atoms with E-state index in [2.05, 4.69) is 25.4 Å². The fourth-order valence-electron chi connectivity index (χ4n) is 6.49. The van der Waals surface area contributed by atoms with Gasteiger partial charge in [-0.1, -0.05) is 0 Å². The van der Waals surface area contributed by atoms with Crippen LogP contribution in [0.3, 0.4) is 0 Å². The smallest absolute Gasteiger partial charge is 0.262 e. The maximum Gasteiger partial charge on any atom is 0.262 e. The molecule has 17 heteroatoms. The van der Waals surface area contributed by atoms with Crippen molar-refractivity contribution in [3.63, 3.8) is 0 Å². The average molecular weight is 714 g/mol. The quantitative estimate of drug-likeness (QED) is 0.237. The Bertz CT molecular complexity index is 1830. The Morgan fingerprint density at radius 1 is 0.920 bits per heavy atom. The van der Waals surface area contributed by atoms with E-state index in [1.807, 2.05) is 0 Å². The predicted molar refractivity (Wildman–Crippen MR) is 176 cm³/mol. The number of carbonyl (C=O) groups is 4. The second-order valence-corrected chi connectivity index (χ2v) is 13.1. The summed E-state index contributed by atoms with van der Waals surface area (Å²) in [5.74, 6) is -5.60. The van der Waals surface area contributed by atoms with E-state index >= 15 is 4.39 Å². The van der Waals surface area contributed by atoms with E-state index in [1.54, 1.807) is 10.3 Å². The molecule has 0 saturated carbocycles. The number of amides is 4. The van der Waals surface area contributed by atoms with Crippen LogP contribution in [0.25, 0.3) is 11.3 Å². The van der Waals surface area contributed by atoms with Crippen LogP contribution in [0.5, 0.6) is 5.75 Å². The van der Waals surface area contributed by atoms with E-state index in [1.165, 1.54) is 23.5 Å². The molecule has 4 aliphatic heterocycles. The molecule has 4 amide bonds. The minimum absolute atomic E-state index is 0.00783. The third-order valence-corrected chi connectivity index (χ3v) is 10.1.